The van der Waals surface area contributed by atoms with Crippen LogP contribution in [0.3, 0.4) is 0 Å². The molecule has 40 heavy (non-hydrogen) atoms. The summed E-state index contributed by atoms with van der Waals surface area (Å²) >= 11 is 0. The zero-order chi connectivity index (χ0) is 29.0. The van der Waals surface area contributed by atoms with Crippen molar-refractivity contribution in [1.29, 1.82) is 0 Å². The minimum absolute atomic E-state index is 0.00498. The second kappa shape index (κ2) is 21.7. The van der Waals surface area contributed by atoms with Gasteiger partial charge in [0.2, 0.25) is 0 Å². The lowest BCUT2D eigenvalue weighted by Crippen LogP contribution is -2.31. The molecule has 2 saturated heterocycles. The van der Waals surface area contributed by atoms with Crippen molar-refractivity contribution in [3.05, 3.63) is 0 Å². The molecule has 2 aliphatic heterocycles. The van der Waals surface area contributed by atoms with E-state index >= 15 is 0 Å². The van der Waals surface area contributed by atoms with Crippen LogP contribution in [0.5, 0.6) is 0 Å². The van der Waals surface area contributed by atoms with E-state index in [-0.39, 0.29) is 36.0 Å². The SMILES string of the molecule is CCCCCCCCCCC[C@@H](O)[C@H]1CC[C@H]([C@H](O)CCCCCCCCCC[C@@H]2C[C@H](CC(C)=O)C(=O)O2)O1. The molecule has 2 N–H and O–H groups in total. The van der Waals surface area contributed by atoms with Gasteiger partial charge >= 0.3 is 5.97 Å². The van der Waals surface area contributed by atoms with E-state index in [9.17, 15) is 19.8 Å². The number of Topliss-reactive ketones (excluding diaryl/α,β-unsaturated/α-hetero) is 1. The lowest BCUT2D eigenvalue weighted by atomic mass is 9.96. The second-order valence-corrected chi connectivity index (χ2v) is 12.8. The summed E-state index contributed by atoms with van der Waals surface area (Å²) in [6, 6.07) is 0. The minimum atomic E-state index is -0.412. The molecule has 2 rings (SSSR count). The molecule has 0 saturated carbocycles. The van der Waals surface area contributed by atoms with Crippen molar-refractivity contribution >= 4 is 11.8 Å². The topological polar surface area (TPSA) is 93.1 Å². The summed E-state index contributed by atoms with van der Waals surface area (Å²) in [5.41, 5.74) is 0. The average molecular weight is 567 g/mol. The van der Waals surface area contributed by atoms with Crippen LogP contribution in [0.1, 0.15) is 168 Å². The largest absolute Gasteiger partial charge is 0.462 e. The number of aliphatic hydroxyl groups excluding tert-OH is 2. The minimum Gasteiger partial charge on any atom is -0.462 e. The molecule has 0 amide bonds. The van der Waals surface area contributed by atoms with E-state index in [0.717, 1.165) is 64.2 Å². The van der Waals surface area contributed by atoms with Crippen molar-refractivity contribution in [2.75, 3.05) is 0 Å². The Hall–Kier alpha value is -0.980. The van der Waals surface area contributed by atoms with Crippen molar-refractivity contribution in [2.24, 2.45) is 5.92 Å². The first kappa shape index (κ1) is 35.2. The highest BCUT2D eigenvalue weighted by Crippen LogP contribution is 2.29. The fourth-order valence-electron chi connectivity index (χ4n) is 6.49. The number of ketones is 1. The number of hydrogen-bond acceptors (Lipinski definition) is 6. The van der Waals surface area contributed by atoms with Crippen LogP contribution < -0.4 is 0 Å². The summed E-state index contributed by atoms with van der Waals surface area (Å²) in [7, 11) is 0. The Morgan fingerprint density at radius 2 is 1.20 bits per heavy atom. The van der Waals surface area contributed by atoms with Gasteiger partial charge in [-0.15, -0.1) is 0 Å². The number of carbonyl (C=O) groups excluding carboxylic acids is 2. The summed E-state index contributed by atoms with van der Waals surface area (Å²) in [5.74, 6) is -0.345. The highest BCUT2D eigenvalue weighted by molar-refractivity contribution is 5.83. The van der Waals surface area contributed by atoms with E-state index in [0.29, 0.717) is 12.8 Å². The van der Waals surface area contributed by atoms with Gasteiger partial charge in [0.15, 0.2) is 0 Å². The van der Waals surface area contributed by atoms with Gasteiger partial charge in [0.25, 0.3) is 0 Å². The Morgan fingerprint density at radius 1 is 0.750 bits per heavy atom. The molecular formula is C34H62O6. The zero-order valence-corrected chi connectivity index (χ0v) is 26.0. The van der Waals surface area contributed by atoms with Crippen LogP contribution in [0.15, 0.2) is 0 Å². The van der Waals surface area contributed by atoms with Crippen LogP contribution in [0.4, 0.5) is 0 Å². The number of unbranched alkanes of at least 4 members (excludes halogenated alkanes) is 15. The normalized spacial score (nSPS) is 24.4. The van der Waals surface area contributed by atoms with Gasteiger partial charge in [-0.05, 0) is 51.9 Å². The Labute approximate surface area is 245 Å². The number of esters is 1. The summed E-state index contributed by atoms with van der Waals surface area (Å²) in [5, 5.41) is 21.2. The Kier molecular flexibility index (Phi) is 19.1. The van der Waals surface area contributed by atoms with E-state index in [1.54, 1.807) is 0 Å². The molecule has 0 aliphatic carbocycles. The fourth-order valence-corrected chi connectivity index (χ4v) is 6.49. The Morgan fingerprint density at radius 3 is 1.68 bits per heavy atom. The molecule has 0 aromatic heterocycles. The number of ether oxygens (including phenoxy) is 2. The number of cyclic esters (lactones) is 1. The molecule has 6 nitrogen and oxygen atoms in total. The summed E-state index contributed by atoms with van der Waals surface area (Å²) < 4.78 is 11.5. The Balaban J connectivity index is 1.38. The molecule has 2 fully saturated rings. The van der Waals surface area contributed by atoms with Gasteiger partial charge < -0.3 is 24.5 Å². The first-order valence-electron chi connectivity index (χ1n) is 17.1. The van der Waals surface area contributed by atoms with Crippen molar-refractivity contribution in [2.45, 2.75) is 198 Å². The quantitative estimate of drug-likeness (QED) is 0.0859. The third-order valence-corrected chi connectivity index (χ3v) is 9.02. The molecular weight excluding hydrogens is 504 g/mol. The molecule has 0 radical (unpaired) electrons. The maximum absolute atomic E-state index is 11.8. The maximum Gasteiger partial charge on any atom is 0.309 e. The highest BCUT2D eigenvalue weighted by Gasteiger charge is 2.35. The van der Waals surface area contributed by atoms with Gasteiger partial charge in [0, 0.05) is 6.42 Å². The fraction of sp³-hybridized carbons (Fsp3) is 0.941. The number of rotatable bonds is 25. The van der Waals surface area contributed by atoms with E-state index in [4.69, 9.17) is 9.47 Å². The monoisotopic (exact) mass is 566 g/mol. The van der Waals surface area contributed by atoms with Crippen molar-refractivity contribution in [3.63, 3.8) is 0 Å². The first-order chi connectivity index (χ1) is 19.4. The van der Waals surface area contributed by atoms with Crippen LogP contribution >= 0.6 is 0 Å². The van der Waals surface area contributed by atoms with Gasteiger partial charge in [-0.3, -0.25) is 4.79 Å². The molecule has 0 aromatic rings. The molecule has 2 heterocycles. The van der Waals surface area contributed by atoms with Crippen LogP contribution in [0.2, 0.25) is 0 Å². The van der Waals surface area contributed by atoms with Gasteiger partial charge in [-0.1, -0.05) is 110 Å². The molecule has 6 atom stereocenters. The molecule has 2 aliphatic rings. The van der Waals surface area contributed by atoms with E-state index in [1.807, 2.05) is 0 Å². The zero-order valence-electron chi connectivity index (χ0n) is 26.0. The predicted octanol–water partition coefficient (Wildman–Crippen LogP) is 7.99. The third-order valence-electron chi connectivity index (χ3n) is 9.02. The number of aliphatic hydroxyl groups is 2. The smallest absolute Gasteiger partial charge is 0.309 e. The number of hydrogen-bond donors (Lipinski definition) is 2. The Bertz CT molecular complexity index is 667. The average Bonchev–Trinajstić information content (AvgIpc) is 3.55. The molecule has 6 heteroatoms. The maximum atomic E-state index is 11.8. The summed E-state index contributed by atoms with van der Waals surface area (Å²) in [4.78, 5) is 23.1. The van der Waals surface area contributed by atoms with Gasteiger partial charge in [-0.25, -0.2) is 0 Å². The standard InChI is InChI=1S/C34H62O6/c1-3-4-5-6-7-8-12-15-18-21-30(36)32-23-24-33(40-32)31(37)22-19-16-13-10-9-11-14-17-20-29-26-28(25-27(2)35)34(38)39-29/h28-33,36-37H,3-26H2,1-2H3/t28-,29+,30+,31+,32+,33+/m0/s1. The summed E-state index contributed by atoms with van der Waals surface area (Å²) in [6.07, 6.45) is 25.1. The van der Waals surface area contributed by atoms with E-state index in [1.165, 1.54) is 84.0 Å². The first-order valence-corrected chi connectivity index (χ1v) is 17.1. The molecule has 0 spiro atoms. The number of carbonyl (C=O) groups is 2. The van der Waals surface area contributed by atoms with Crippen LogP contribution in [-0.4, -0.2) is 52.5 Å². The van der Waals surface area contributed by atoms with Crippen LogP contribution in [0.25, 0.3) is 0 Å². The van der Waals surface area contributed by atoms with Crippen molar-refractivity contribution in [1.82, 2.24) is 0 Å². The third kappa shape index (κ3) is 15.3. The van der Waals surface area contributed by atoms with Gasteiger partial charge in [-0.2, -0.15) is 0 Å². The van der Waals surface area contributed by atoms with Crippen molar-refractivity contribution in [3.8, 4) is 0 Å². The van der Waals surface area contributed by atoms with Gasteiger partial charge in [0.1, 0.15) is 11.9 Å². The van der Waals surface area contributed by atoms with E-state index < -0.39 is 12.2 Å². The lowest BCUT2D eigenvalue weighted by Gasteiger charge is -2.22. The highest BCUT2D eigenvalue weighted by atomic mass is 16.6. The van der Waals surface area contributed by atoms with Crippen LogP contribution in [-0.2, 0) is 19.1 Å². The molecule has 0 aromatic carbocycles. The van der Waals surface area contributed by atoms with Crippen molar-refractivity contribution < 1.29 is 29.3 Å². The predicted molar refractivity (Wildman–Crippen MR) is 161 cm³/mol. The second-order valence-electron chi connectivity index (χ2n) is 12.8. The molecule has 0 unspecified atom stereocenters. The summed E-state index contributed by atoms with van der Waals surface area (Å²) in [6.45, 7) is 3.79. The lowest BCUT2D eigenvalue weighted by molar-refractivity contribution is -0.145. The van der Waals surface area contributed by atoms with Gasteiger partial charge in [0.05, 0.1) is 30.3 Å². The molecule has 0 bridgehead atoms. The molecule has 234 valence electrons. The van der Waals surface area contributed by atoms with Crippen LogP contribution in [0, 0.1) is 5.92 Å². The van der Waals surface area contributed by atoms with E-state index in [2.05, 4.69) is 6.92 Å².